The molecule has 4 aromatic rings. The number of rotatable bonds is 0. The molecule has 0 atom stereocenters. The van der Waals surface area contributed by atoms with Crippen LogP contribution in [0.15, 0.2) is 71.6 Å². The average molecular weight is 249 g/mol. The summed E-state index contributed by atoms with van der Waals surface area (Å²) in [7, 11) is 0. The van der Waals surface area contributed by atoms with Gasteiger partial charge in [-0.25, -0.2) is 9.97 Å². The van der Waals surface area contributed by atoms with Crippen LogP contribution in [0.3, 0.4) is 0 Å². The Kier molecular flexibility index (Phi) is 3.14. The fourth-order valence-corrected chi connectivity index (χ4v) is 1.74. The van der Waals surface area contributed by atoms with Gasteiger partial charge >= 0.3 is 0 Å². The first kappa shape index (κ1) is 11.3. The van der Waals surface area contributed by atoms with Gasteiger partial charge in [0.05, 0.1) is 28.3 Å². The lowest BCUT2D eigenvalue weighted by Gasteiger charge is -1.98. The van der Waals surface area contributed by atoms with E-state index in [1.165, 1.54) is 6.26 Å². The third-order valence-electron chi connectivity index (χ3n) is 2.59. The second kappa shape index (κ2) is 5.27. The SMILES string of the molecule is c1ccc2nc3ccccc3nc2c1.c1cnoc1. The molecule has 0 amide bonds. The molecule has 0 radical (unpaired) electrons. The van der Waals surface area contributed by atoms with Crippen molar-refractivity contribution in [1.29, 1.82) is 0 Å². The molecular weight excluding hydrogens is 238 g/mol. The number of nitrogens with zero attached hydrogens (tertiary/aromatic N) is 3. The van der Waals surface area contributed by atoms with Crippen molar-refractivity contribution in [1.82, 2.24) is 15.1 Å². The highest BCUT2D eigenvalue weighted by Gasteiger charge is 1.98. The standard InChI is InChI=1S/C12H8N2.C3H3NO/c1-2-6-10-9(5-1)13-11-7-3-4-8-12(11)14-10;1-2-4-5-3-1/h1-8H;1-3H. The van der Waals surface area contributed by atoms with Crippen molar-refractivity contribution < 1.29 is 4.52 Å². The molecule has 4 nitrogen and oxygen atoms in total. The van der Waals surface area contributed by atoms with Crippen LogP contribution in [0, 0.1) is 0 Å². The number of hydrogen-bond donors (Lipinski definition) is 0. The molecule has 0 saturated carbocycles. The largest absolute Gasteiger partial charge is 0.365 e. The minimum atomic E-state index is 0.950. The van der Waals surface area contributed by atoms with E-state index in [4.69, 9.17) is 0 Å². The van der Waals surface area contributed by atoms with Gasteiger partial charge in [0.1, 0.15) is 6.26 Å². The van der Waals surface area contributed by atoms with Gasteiger partial charge in [-0.1, -0.05) is 29.4 Å². The van der Waals surface area contributed by atoms with Gasteiger partial charge in [-0.05, 0) is 30.3 Å². The van der Waals surface area contributed by atoms with Crippen LogP contribution in [0.25, 0.3) is 22.1 Å². The summed E-state index contributed by atoms with van der Waals surface area (Å²) < 4.78 is 4.33. The molecular formula is C15H11N3O. The first-order valence-electron chi connectivity index (χ1n) is 5.89. The Bertz CT molecular complexity index is 659. The minimum Gasteiger partial charge on any atom is -0.365 e. The Morgan fingerprint density at radius 3 is 1.37 bits per heavy atom. The molecule has 0 unspecified atom stereocenters. The van der Waals surface area contributed by atoms with Gasteiger partial charge < -0.3 is 4.52 Å². The van der Waals surface area contributed by atoms with Crippen LogP contribution in [-0.4, -0.2) is 15.1 Å². The van der Waals surface area contributed by atoms with E-state index in [0.29, 0.717) is 0 Å². The highest BCUT2D eigenvalue weighted by Crippen LogP contribution is 2.14. The lowest BCUT2D eigenvalue weighted by atomic mass is 10.2. The van der Waals surface area contributed by atoms with Crippen LogP contribution in [0.2, 0.25) is 0 Å². The highest BCUT2D eigenvalue weighted by atomic mass is 16.5. The average Bonchev–Trinajstić information content (AvgIpc) is 3.04. The van der Waals surface area contributed by atoms with Gasteiger partial charge in [0, 0.05) is 0 Å². The summed E-state index contributed by atoms with van der Waals surface area (Å²) in [5.74, 6) is 0. The quantitative estimate of drug-likeness (QED) is 0.448. The topological polar surface area (TPSA) is 51.8 Å². The molecule has 19 heavy (non-hydrogen) atoms. The maximum Gasteiger partial charge on any atom is 0.123 e. The van der Waals surface area contributed by atoms with Crippen LogP contribution >= 0.6 is 0 Å². The maximum absolute atomic E-state index is 4.52. The molecule has 2 heterocycles. The molecule has 0 N–H and O–H groups in total. The molecule has 0 aliphatic heterocycles. The number of para-hydroxylation sites is 4. The van der Waals surface area contributed by atoms with E-state index < -0.39 is 0 Å². The number of fused-ring (bicyclic) bond motifs is 2. The molecule has 0 aliphatic rings. The summed E-state index contributed by atoms with van der Waals surface area (Å²) in [6.45, 7) is 0. The first-order chi connectivity index (χ1) is 9.43. The molecule has 4 heteroatoms. The summed E-state index contributed by atoms with van der Waals surface area (Å²) in [5, 5.41) is 3.35. The predicted octanol–water partition coefficient (Wildman–Crippen LogP) is 3.46. The minimum absolute atomic E-state index is 0.950. The Morgan fingerprint density at radius 1 is 0.632 bits per heavy atom. The smallest absolute Gasteiger partial charge is 0.123 e. The first-order valence-corrected chi connectivity index (χ1v) is 5.89. The van der Waals surface area contributed by atoms with Crippen LogP contribution in [0.1, 0.15) is 0 Å². The third kappa shape index (κ3) is 2.57. The van der Waals surface area contributed by atoms with Gasteiger partial charge in [-0.3, -0.25) is 0 Å². The Morgan fingerprint density at radius 2 is 1.11 bits per heavy atom. The van der Waals surface area contributed by atoms with Crippen molar-refractivity contribution in [2.75, 3.05) is 0 Å². The molecule has 0 saturated heterocycles. The third-order valence-corrected chi connectivity index (χ3v) is 2.59. The normalized spacial score (nSPS) is 10.1. The van der Waals surface area contributed by atoms with E-state index in [1.54, 1.807) is 12.3 Å². The van der Waals surface area contributed by atoms with Crippen molar-refractivity contribution >= 4 is 22.1 Å². The summed E-state index contributed by atoms with van der Waals surface area (Å²) >= 11 is 0. The van der Waals surface area contributed by atoms with Crippen LogP contribution in [-0.2, 0) is 0 Å². The highest BCUT2D eigenvalue weighted by molar-refractivity contribution is 5.85. The molecule has 4 rings (SSSR count). The van der Waals surface area contributed by atoms with Crippen molar-refractivity contribution in [2.24, 2.45) is 0 Å². The zero-order valence-corrected chi connectivity index (χ0v) is 10.1. The Labute approximate surface area is 109 Å². The Balaban J connectivity index is 0.000000187. The van der Waals surface area contributed by atoms with Gasteiger partial charge in [0.25, 0.3) is 0 Å². The molecule has 0 spiro atoms. The fourth-order valence-electron chi connectivity index (χ4n) is 1.74. The van der Waals surface area contributed by atoms with Gasteiger partial charge in [0.15, 0.2) is 0 Å². The van der Waals surface area contributed by atoms with Crippen molar-refractivity contribution in [2.45, 2.75) is 0 Å². The zero-order chi connectivity index (χ0) is 12.9. The molecule has 2 aromatic carbocycles. The lowest BCUT2D eigenvalue weighted by Crippen LogP contribution is -1.85. The molecule has 92 valence electrons. The van der Waals surface area contributed by atoms with E-state index in [0.717, 1.165) is 22.1 Å². The lowest BCUT2D eigenvalue weighted by molar-refractivity contribution is 0.420. The van der Waals surface area contributed by atoms with Crippen molar-refractivity contribution in [3.05, 3.63) is 67.1 Å². The number of benzene rings is 2. The van der Waals surface area contributed by atoms with E-state index in [-0.39, 0.29) is 0 Å². The monoisotopic (exact) mass is 249 g/mol. The van der Waals surface area contributed by atoms with E-state index in [9.17, 15) is 0 Å². The zero-order valence-electron chi connectivity index (χ0n) is 10.1. The number of hydrogen-bond acceptors (Lipinski definition) is 4. The molecule has 0 bridgehead atoms. The maximum atomic E-state index is 4.52. The summed E-state index contributed by atoms with van der Waals surface area (Å²) in [5.41, 5.74) is 3.80. The Hall–Kier alpha value is -2.75. The van der Waals surface area contributed by atoms with Gasteiger partial charge in [0.2, 0.25) is 0 Å². The number of aromatic nitrogens is 3. The second-order valence-corrected chi connectivity index (χ2v) is 3.89. The molecule has 0 fully saturated rings. The fraction of sp³-hybridized carbons (Fsp3) is 0. The van der Waals surface area contributed by atoms with Crippen LogP contribution < -0.4 is 0 Å². The second-order valence-electron chi connectivity index (χ2n) is 3.89. The van der Waals surface area contributed by atoms with E-state index >= 15 is 0 Å². The van der Waals surface area contributed by atoms with Gasteiger partial charge in [-0.15, -0.1) is 0 Å². The van der Waals surface area contributed by atoms with Crippen LogP contribution in [0.5, 0.6) is 0 Å². The summed E-state index contributed by atoms with van der Waals surface area (Å²) in [4.78, 5) is 9.03. The summed E-state index contributed by atoms with van der Waals surface area (Å²) in [6.07, 6.45) is 3.10. The van der Waals surface area contributed by atoms with E-state index in [1.807, 2.05) is 48.5 Å². The predicted molar refractivity (Wildman–Crippen MR) is 73.5 cm³/mol. The molecule has 2 aromatic heterocycles. The van der Waals surface area contributed by atoms with E-state index in [2.05, 4.69) is 19.6 Å². The van der Waals surface area contributed by atoms with Gasteiger partial charge in [-0.2, -0.15) is 0 Å². The van der Waals surface area contributed by atoms with Crippen LogP contribution in [0.4, 0.5) is 0 Å². The summed E-state index contributed by atoms with van der Waals surface area (Å²) in [6, 6.07) is 17.6. The van der Waals surface area contributed by atoms with Crippen molar-refractivity contribution in [3.8, 4) is 0 Å². The molecule has 0 aliphatic carbocycles. The van der Waals surface area contributed by atoms with Crippen molar-refractivity contribution in [3.63, 3.8) is 0 Å².